The van der Waals surface area contributed by atoms with Gasteiger partial charge >= 0.3 is 6.03 Å². The first-order valence-corrected chi connectivity index (χ1v) is 13.3. The smallest absolute Gasteiger partial charge is 0.333 e. The maximum absolute atomic E-state index is 13.4. The largest absolute Gasteiger partial charge is 0.497 e. The standard InChI is InChI=1S/C30H34N6O4/c1-20-16-21(2)26(32-17-20)33-12-14-34(15-13-33)27(37)23-8-11-25(31-18-23)36-29(39)35(28(38)30(36,3)4)19-22-6-9-24(40-5)10-7-22/h6-11,16-18H,12-15,19H2,1-5H3. The molecule has 2 aliphatic rings. The van der Waals surface area contributed by atoms with E-state index in [1.54, 1.807) is 45.2 Å². The molecule has 0 N–H and O–H groups in total. The van der Waals surface area contributed by atoms with Crippen LogP contribution < -0.4 is 14.5 Å². The molecular weight excluding hydrogens is 508 g/mol. The first-order valence-electron chi connectivity index (χ1n) is 13.3. The second-order valence-electron chi connectivity index (χ2n) is 10.8. The van der Waals surface area contributed by atoms with Gasteiger partial charge < -0.3 is 14.5 Å². The molecule has 2 saturated heterocycles. The Morgan fingerprint density at radius 2 is 1.65 bits per heavy atom. The van der Waals surface area contributed by atoms with Crippen LogP contribution in [0, 0.1) is 13.8 Å². The highest BCUT2D eigenvalue weighted by atomic mass is 16.5. The zero-order valence-corrected chi connectivity index (χ0v) is 23.5. The number of imide groups is 1. The van der Waals surface area contributed by atoms with Crippen molar-refractivity contribution in [1.82, 2.24) is 19.8 Å². The molecule has 0 aliphatic carbocycles. The van der Waals surface area contributed by atoms with Crippen LogP contribution in [0.15, 0.2) is 54.9 Å². The van der Waals surface area contributed by atoms with Gasteiger partial charge in [0.05, 0.1) is 19.2 Å². The highest BCUT2D eigenvalue weighted by Gasteiger charge is 2.52. The van der Waals surface area contributed by atoms with E-state index in [-0.39, 0.29) is 18.4 Å². The molecule has 2 fully saturated rings. The van der Waals surface area contributed by atoms with Crippen LogP contribution in [0.5, 0.6) is 5.75 Å². The third-order valence-electron chi connectivity index (χ3n) is 7.53. The Kier molecular flexibility index (Phi) is 7.18. The summed E-state index contributed by atoms with van der Waals surface area (Å²) < 4.78 is 5.19. The number of rotatable bonds is 6. The van der Waals surface area contributed by atoms with Crippen LogP contribution >= 0.6 is 0 Å². The molecule has 0 unspecified atom stereocenters. The van der Waals surface area contributed by atoms with Gasteiger partial charge in [0.15, 0.2) is 0 Å². The van der Waals surface area contributed by atoms with Crippen LogP contribution in [0.3, 0.4) is 0 Å². The number of pyridine rings is 2. The number of carbonyl (C=O) groups is 3. The predicted molar refractivity (Wildman–Crippen MR) is 152 cm³/mol. The van der Waals surface area contributed by atoms with Gasteiger partial charge in [-0.25, -0.2) is 14.8 Å². The fourth-order valence-electron chi connectivity index (χ4n) is 5.30. The molecule has 1 aromatic carbocycles. The number of anilines is 2. The van der Waals surface area contributed by atoms with Crippen molar-refractivity contribution in [2.75, 3.05) is 43.1 Å². The van der Waals surface area contributed by atoms with Crippen molar-refractivity contribution < 1.29 is 19.1 Å². The molecule has 10 heteroatoms. The van der Waals surface area contributed by atoms with E-state index >= 15 is 0 Å². The number of benzene rings is 1. The first kappa shape index (κ1) is 27.1. The summed E-state index contributed by atoms with van der Waals surface area (Å²) in [4.78, 5) is 55.5. The molecule has 0 atom stereocenters. The van der Waals surface area contributed by atoms with Gasteiger partial charge in [0, 0.05) is 38.6 Å². The summed E-state index contributed by atoms with van der Waals surface area (Å²) >= 11 is 0. The molecule has 3 aromatic rings. The second kappa shape index (κ2) is 10.6. The Hall–Kier alpha value is -4.47. The fraction of sp³-hybridized carbons (Fsp3) is 0.367. The van der Waals surface area contributed by atoms with Gasteiger partial charge in [-0.05, 0) is 68.7 Å². The number of carbonyl (C=O) groups excluding carboxylic acids is 3. The van der Waals surface area contributed by atoms with Crippen molar-refractivity contribution in [3.05, 3.63) is 77.1 Å². The van der Waals surface area contributed by atoms with Crippen molar-refractivity contribution in [2.45, 2.75) is 39.8 Å². The second-order valence-corrected chi connectivity index (χ2v) is 10.8. The monoisotopic (exact) mass is 542 g/mol. The van der Waals surface area contributed by atoms with Gasteiger partial charge in [-0.15, -0.1) is 0 Å². The molecule has 208 valence electrons. The van der Waals surface area contributed by atoms with Crippen LogP contribution in [0.25, 0.3) is 0 Å². The predicted octanol–water partition coefficient (Wildman–Crippen LogP) is 3.81. The molecule has 2 aromatic heterocycles. The minimum Gasteiger partial charge on any atom is -0.497 e. The molecule has 5 rings (SSSR count). The van der Waals surface area contributed by atoms with Crippen LogP contribution in [0.1, 0.15) is 40.9 Å². The summed E-state index contributed by atoms with van der Waals surface area (Å²) in [6.07, 6.45) is 3.35. The lowest BCUT2D eigenvalue weighted by Gasteiger charge is -2.36. The normalized spacial score (nSPS) is 17.0. The quantitative estimate of drug-likeness (QED) is 0.437. The molecule has 4 heterocycles. The summed E-state index contributed by atoms with van der Waals surface area (Å²) in [5.41, 5.74) is 2.37. The number of urea groups is 1. The van der Waals surface area contributed by atoms with E-state index in [2.05, 4.69) is 27.9 Å². The Balaban J connectivity index is 1.26. The van der Waals surface area contributed by atoms with Gasteiger partial charge in [0.1, 0.15) is 22.9 Å². The Morgan fingerprint density at radius 3 is 2.25 bits per heavy atom. The molecule has 0 radical (unpaired) electrons. The van der Waals surface area contributed by atoms with Crippen LogP contribution in [0.2, 0.25) is 0 Å². The van der Waals surface area contributed by atoms with E-state index in [1.165, 1.54) is 16.0 Å². The van der Waals surface area contributed by atoms with Crippen molar-refractivity contribution in [3.63, 3.8) is 0 Å². The highest BCUT2D eigenvalue weighted by molar-refractivity contribution is 6.16. The van der Waals surface area contributed by atoms with Crippen molar-refractivity contribution in [3.8, 4) is 5.75 Å². The minimum absolute atomic E-state index is 0.114. The summed E-state index contributed by atoms with van der Waals surface area (Å²) in [7, 11) is 1.58. The molecule has 0 spiro atoms. The van der Waals surface area contributed by atoms with Gasteiger partial charge in [0.2, 0.25) is 0 Å². The highest BCUT2D eigenvalue weighted by Crippen LogP contribution is 2.33. The maximum atomic E-state index is 13.4. The third kappa shape index (κ3) is 4.97. The van der Waals surface area contributed by atoms with Crippen molar-refractivity contribution in [2.24, 2.45) is 0 Å². The molecule has 2 aliphatic heterocycles. The van der Waals surface area contributed by atoms with E-state index in [0.717, 1.165) is 22.5 Å². The number of hydrogen-bond donors (Lipinski definition) is 0. The van der Waals surface area contributed by atoms with Gasteiger partial charge in [-0.3, -0.25) is 19.4 Å². The zero-order chi connectivity index (χ0) is 28.6. The number of ether oxygens (including phenoxy) is 1. The molecule has 4 amide bonds. The van der Waals surface area contributed by atoms with Crippen molar-refractivity contribution >= 4 is 29.5 Å². The average Bonchev–Trinajstić information content (AvgIpc) is 3.12. The van der Waals surface area contributed by atoms with Gasteiger partial charge in [0.25, 0.3) is 11.8 Å². The molecule has 0 saturated carbocycles. The van der Waals surface area contributed by atoms with E-state index in [1.807, 2.05) is 30.2 Å². The lowest BCUT2D eigenvalue weighted by atomic mass is 10.0. The molecule has 10 nitrogen and oxygen atoms in total. The number of amides is 4. The van der Waals surface area contributed by atoms with E-state index < -0.39 is 11.6 Å². The SMILES string of the molecule is COc1ccc(CN2C(=O)N(c3ccc(C(=O)N4CCN(c5ncc(C)cc5C)CC4)cn3)C(C)(C)C2=O)cc1. The third-order valence-corrected chi connectivity index (χ3v) is 7.53. The number of methoxy groups -OCH3 is 1. The average molecular weight is 543 g/mol. The maximum Gasteiger partial charge on any atom is 0.333 e. The molecule has 0 bridgehead atoms. The van der Waals surface area contributed by atoms with Crippen LogP contribution in [-0.2, 0) is 11.3 Å². The summed E-state index contributed by atoms with van der Waals surface area (Å²) in [5.74, 6) is 1.55. The Morgan fingerprint density at radius 1 is 0.950 bits per heavy atom. The van der Waals surface area contributed by atoms with E-state index in [9.17, 15) is 14.4 Å². The van der Waals surface area contributed by atoms with E-state index in [0.29, 0.717) is 43.3 Å². The summed E-state index contributed by atoms with van der Waals surface area (Å²) in [5, 5.41) is 0. The fourth-order valence-corrected chi connectivity index (χ4v) is 5.30. The number of aryl methyl sites for hydroxylation is 2. The van der Waals surface area contributed by atoms with Gasteiger partial charge in [-0.1, -0.05) is 18.2 Å². The van der Waals surface area contributed by atoms with Crippen LogP contribution in [-0.4, -0.2) is 76.4 Å². The Bertz CT molecular complexity index is 1430. The molecule has 40 heavy (non-hydrogen) atoms. The first-order chi connectivity index (χ1) is 19.1. The Labute approximate surface area is 234 Å². The zero-order valence-electron chi connectivity index (χ0n) is 23.5. The number of piperazine rings is 1. The van der Waals surface area contributed by atoms with E-state index in [4.69, 9.17) is 4.74 Å². The number of nitrogens with zero attached hydrogens (tertiary/aromatic N) is 6. The number of aromatic nitrogens is 2. The van der Waals surface area contributed by atoms with Crippen LogP contribution in [0.4, 0.5) is 16.4 Å². The van der Waals surface area contributed by atoms with Crippen molar-refractivity contribution in [1.29, 1.82) is 0 Å². The topological polar surface area (TPSA) is 99.2 Å². The summed E-state index contributed by atoms with van der Waals surface area (Å²) in [6, 6.07) is 12.2. The minimum atomic E-state index is -1.12. The lowest BCUT2D eigenvalue weighted by Crippen LogP contribution is -2.49. The molecular formula is C30H34N6O4. The number of hydrogen-bond acceptors (Lipinski definition) is 7. The lowest BCUT2D eigenvalue weighted by molar-refractivity contribution is -0.130. The van der Waals surface area contributed by atoms with Gasteiger partial charge in [-0.2, -0.15) is 0 Å². The summed E-state index contributed by atoms with van der Waals surface area (Å²) in [6.45, 7) is 10.1.